The number of hydrogen-bond donors (Lipinski definition) is 1. The third-order valence-corrected chi connectivity index (χ3v) is 6.45. The predicted molar refractivity (Wildman–Crippen MR) is 135 cm³/mol. The Morgan fingerprint density at radius 2 is 1.79 bits per heavy atom. The Hall–Kier alpha value is -2.78. The van der Waals surface area contributed by atoms with E-state index in [1.165, 1.54) is 11.0 Å². The molecule has 0 unspecified atom stereocenters. The van der Waals surface area contributed by atoms with Crippen molar-refractivity contribution in [3.8, 4) is 5.75 Å². The molecule has 2 rings (SSSR count). The normalized spacial score (nSPS) is 12.2. The van der Waals surface area contributed by atoms with Gasteiger partial charge in [-0.25, -0.2) is 8.42 Å². The van der Waals surface area contributed by atoms with E-state index in [-0.39, 0.29) is 24.2 Å². The molecule has 10 heteroatoms. The van der Waals surface area contributed by atoms with E-state index in [2.05, 4.69) is 5.32 Å². The summed E-state index contributed by atoms with van der Waals surface area (Å²) < 4.78 is 31.4. The molecule has 2 amide bonds. The Balaban J connectivity index is 2.46. The fourth-order valence-electron chi connectivity index (χ4n) is 3.51. The molecule has 0 aliphatic rings. The average molecular weight is 510 g/mol. The van der Waals surface area contributed by atoms with E-state index >= 15 is 0 Å². The minimum atomic E-state index is -3.81. The second-order valence-corrected chi connectivity index (χ2v) is 10.6. The lowest BCUT2D eigenvalue weighted by molar-refractivity contribution is -0.140. The van der Waals surface area contributed by atoms with Crippen LogP contribution in [0.5, 0.6) is 5.75 Å². The van der Waals surface area contributed by atoms with Crippen molar-refractivity contribution >= 4 is 39.1 Å². The molecule has 186 valence electrons. The summed E-state index contributed by atoms with van der Waals surface area (Å²) in [6, 6.07) is 12.5. The van der Waals surface area contributed by atoms with Gasteiger partial charge in [0.05, 0.1) is 19.1 Å². The van der Waals surface area contributed by atoms with Crippen LogP contribution in [0.4, 0.5) is 5.69 Å². The molecule has 0 aliphatic carbocycles. The second kappa shape index (κ2) is 12.1. The monoisotopic (exact) mass is 509 g/mol. The van der Waals surface area contributed by atoms with Gasteiger partial charge in [0.15, 0.2) is 0 Å². The minimum absolute atomic E-state index is 0.104. The standard InChI is InChI=1S/C24H32ClN3O5S/c1-6-22(24(30)26-17(2)3)27(15-18-9-7-12-21(13-18)33-4)23(29)16-28(34(5,31)32)20-11-8-10-19(25)14-20/h7-14,17,22H,6,15-16H2,1-5H3,(H,26,30)/t22-/m0/s1. The Labute approximate surface area is 206 Å². The molecule has 0 bridgehead atoms. The number of carbonyl (C=O) groups is 2. The van der Waals surface area contributed by atoms with Crippen molar-refractivity contribution in [2.45, 2.75) is 45.8 Å². The molecule has 0 aliphatic heterocycles. The van der Waals surface area contributed by atoms with Crippen LogP contribution in [0.3, 0.4) is 0 Å². The minimum Gasteiger partial charge on any atom is -0.497 e. The summed E-state index contributed by atoms with van der Waals surface area (Å²) in [6.07, 6.45) is 1.38. The van der Waals surface area contributed by atoms with Crippen LogP contribution >= 0.6 is 11.6 Å². The molecule has 0 aromatic heterocycles. The summed E-state index contributed by atoms with van der Waals surface area (Å²) in [5.74, 6) is -0.206. The maximum absolute atomic E-state index is 13.6. The van der Waals surface area contributed by atoms with E-state index in [4.69, 9.17) is 16.3 Å². The van der Waals surface area contributed by atoms with Gasteiger partial charge in [-0.05, 0) is 56.2 Å². The maximum atomic E-state index is 13.6. The van der Waals surface area contributed by atoms with Gasteiger partial charge >= 0.3 is 0 Å². The number of ether oxygens (including phenoxy) is 1. The molecule has 34 heavy (non-hydrogen) atoms. The molecule has 1 N–H and O–H groups in total. The first-order valence-electron chi connectivity index (χ1n) is 10.9. The van der Waals surface area contributed by atoms with Gasteiger partial charge in [-0.15, -0.1) is 0 Å². The number of benzene rings is 2. The van der Waals surface area contributed by atoms with Gasteiger partial charge in [0.25, 0.3) is 0 Å². The predicted octanol–water partition coefficient (Wildman–Crippen LogP) is 3.45. The van der Waals surface area contributed by atoms with Crippen molar-refractivity contribution in [3.63, 3.8) is 0 Å². The quantitative estimate of drug-likeness (QED) is 0.500. The summed E-state index contributed by atoms with van der Waals surface area (Å²) in [4.78, 5) is 28.0. The van der Waals surface area contributed by atoms with Gasteiger partial charge in [-0.2, -0.15) is 0 Å². The van der Waals surface area contributed by atoms with Crippen LogP contribution < -0.4 is 14.4 Å². The highest BCUT2D eigenvalue weighted by Crippen LogP contribution is 2.23. The number of carbonyl (C=O) groups excluding carboxylic acids is 2. The van der Waals surface area contributed by atoms with Crippen LogP contribution in [0.2, 0.25) is 5.02 Å². The molecular weight excluding hydrogens is 478 g/mol. The molecular formula is C24H32ClN3O5S. The van der Waals surface area contributed by atoms with Crippen molar-refractivity contribution in [1.82, 2.24) is 10.2 Å². The first-order valence-corrected chi connectivity index (χ1v) is 13.1. The highest BCUT2D eigenvalue weighted by atomic mass is 35.5. The van der Waals surface area contributed by atoms with Gasteiger partial charge in [0.2, 0.25) is 21.8 Å². The van der Waals surface area contributed by atoms with E-state index in [1.807, 2.05) is 26.8 Å². The number of anilines is 1. The van der Waals surface area contributed by atoms with E-state index in [0.717, 1.165) is 16.1 Å². The highest BCUT2D eigenvalue weighted by molar-refractivity contribution is 7.92. The zero-order valence-corrected chi connectivity index (χ0v) is 21.7. The third kappa shape index (κ3) is 7.63. The molecule has 2 aromatic rings. The Bertz CT molecular complexity index is 1110. The molecule has 8 nitrogen and oxygen atoms in total. The van der Waals surface area contributed by atoms with Gasteiger partial charge in [0, 0.05) is 17.6 Å². The van der Waals surface area contributed by atoms with Crippen molar-refractivity contribution in [1.29, 1.82) is 0 Å². The zero-order valence-electron chi connectivity index (χ0n) is 20.1. The van der Waals surface area contributed by atoms with Crippen LogP contribution in [0.25, 0.3) is 0 Å². The summed E-state index contributed by atoms with van der Waals surface area (Å²) in [5, 5.41) is 3.20. The Morgan fingerprint density at radius 1 is 1.12 bits per heavy atom. The number of sulfonamides is 1. The van der Waals surface area contributed by atoms with Crippen molar-refractivity contribution < 1.29 is 22.7 Å². The molecule has 2 aromatic carbocycles. The molecule has 0 saturated heterocycles. The fourth-order valence-corrected chi connectivity index (χ4v) is 4.54. The Morgan fingerprint density at radius 3 is 2.35 bits per heavy atom. The van der Waals surface area contributed by atoms with Crippen molar-refractivity contribution in [3.05, 3.63) is 59.1 Å². The second-order valence-electron chi connectivity index (χ2n) is 8.21. The number of amides is 2. The van der Waals surface area contributed by atoms with Crippen LogP contribution in [-0.4, -0.2) is 57.1 Å². The lowest BCUT2D eigenvalue weighted by atomic mass is 10.1. The highest BCUT2D eigenvalue weighted by Gasteiger charge is 2.32. The van der Waals surface area contributed by atoms with Gasteiger partial charge < -0.3 is 15.0 Å². The third-order valence-electron chi connectivity index (χ3n) is 5.08. The number of halogens is 1. The number of rotatable bonds is 11. The van der Waals surface area contributed by atoms with Crippen LogP contribution in [-0.2, 0) is 26.2 Å². The maximum Gasteiger partial charge on any atom is 0.244 e. The lowest BCUT2D eigenvalue weighted by Crippen LogP contribution is -2.53. The smallest absolute Gasteiger partial charge is 0.244 e. The number of methoxy groups -OCH3 is 1. The SMILES string of the molecule is CC[C@@H](C(=O)NC(C)C)N(Cc1cccc(OC)c1)C(=O)CN(c1cccc(Cl)c1)S(C)(=O)=O. The van der Waals surface area contributed by atoms with Crippen molar-refractivity contribution in [2.24, 2.45) is 0 Å². The van der Waals surface area contributed by atoms with Crippen LogP contribution in [0.15, 0.2) is 48.5 Å². The summed E-state index contributed by atoms with van der Waals surface area (Å²) in [7, 11) is -2.27. The Kier molecular flexibility index (Phi) is 9.76. The van der Waals surface area contributed by atoms with Gasteiger partial charge in [-0.3, -0.25) is 13.9 Å². The molecule has 0 spiro atoms. The average Bonchev–Trinajstić information content (AvgIpc) is 2.76. The van der Waals surface area contributed by atoms with Crippen LogP contribution in [0, 0.1) is 0 Å². The van der Waals surface area contributed by atoms with Gasteiger partial charge in [0.1, 0.15) is 18.3 Å². The van der Waals surface area contributed by atoms with E-state index in [0.29, 0.717) is 17.2 Å². The number of hydrogen-bond acceptors (Lipinski definition) is 5. The fraction of sp³-hybridized carbons (Fsp3) is 0.417. The topological polar surface area (TPSA) is 96.0 Å². The van der Waals surface area contributed by atoms with Crippen molar-refractivity contribution in [2.75, 3.05) is 24.2 Å². The molecule has 0 heterocycles. The largest absolute Gasteiger partial charge is 0.497 e. The van der Waals surface area contributed by atoms with Gasteiger partial charge in [-0.1, -0.05) is 36.7 Å². The lowest BCUT2D eigenvalue weighted by Gasteiger charge is -2.33. The molecule has 1 atom stereocenters. The number of nitrogens with one attached hydrogen (secondary N) is 1. The molecule has 0 fully saturated rings. The molecule has 0 radical (unpaired) electrons. The van der Waals surface area contributed by atoms with E-state index in [9.17, 15) is 18.0 Å². The molecule has 0 saturated carbocycles. The van der Waals surface area contributed by atoms with E-state index in [1.54, 1.807) is 43.5 Å². The zero-order chi connectivity index (χ0) is 25.5. The van der Waals surface area contributed by atoms with E-state index < -0.39 is 28.5 Å². The number of nitrogens with zero attached hydrogens (tertiary/aromatic N) is 2. The first-order chi connectivity index (χ1) is 16.0. The summed E-state index contributed by atoms with van der Waals surface area (Å²) in [6.45, 7) is 5.11. The van der Waals surface area contributed by atoms with Crippen LogP contribution in [0.1, 0.15) is 32.8 Å². The summed E-state index contributed by atoms with van der Waals surface area (Å²) >= 11 is 6.06. The summed E-state index contributed by atoms with van der Waals surface area (Å²) in [5.41, 5.74) is 1.02. The first kappa shape index (κ1) is 27.5.